The first kappa shape index (κ1) is 50.2. The number of carbonyl (C=O) groups excluding carboxylic acids is 2. The monoisotopic (exact) mass is 942 g/mol. The molecule has 7 N–H and O–H groups in total. The van der Waals surface area contributed by atoms with Crippen molar-refractivity contribution in [2.24, 2.45) is 5.73 Å². The quantitative estimate of drug-likeness (QED) is 0.0893. The predicted octanol–water partition coefficient (Wildman–Crippen LogP) is 10.3. The minimum absolute atomic E-state index is 0. The SMILES string of the molecule is C.CCc1ccc2cc(Cc3cc(C(=O)NCc4ccc5c(N)nccc5c4)ccn3)ccc2n1.CCc1ccc2cc(Cc3cc(C(=O)OC)ccn3)ccc2n1.NCc1ccc2c(N)nccc2c1. The number of rotatable bonds is 11. The zero-order valence-corrected chi connectivity index (χ0v) is 39.4. The number of methoxy groups -OCH3 is 1. The molecule has 10 rings (SSSR count). The van der Waals surface area contributed by atoms with E-state index in [-0.39, 0.29) is 19.3 Å². The Balaban J connectivity index is 0.000000172. The summed E-state index contributed by atoms with van der Waals surface area (Å²) in [7, 11) is 1.38. The molecule has 13 heteroatoms. The normalized spacial score (nSPS) is 10.7. The van der Waals surface area contributed by atoms with Crippen LogP contribution in [0, 0.1) is 0 Å². The van der Waals surface area contributed by atoms with Crippen molar-refractivity contribution in [3.63, 3.8) is 0 Å². The van der Waals surface area contributed by atoms with Gasteiger partial charge >= 0.3 is 5.97 Å². The Hall–Kier alpha value is -8.68. The van der Waals surface area contributed by atoms with E-state index < -0.39 is 0 Å². The Kier molecular flexibility index (Phi) is 16.7. The Bertz CT molecular complexity index is 3490. The number of aryl methyl sites for hydroxylation is 2. The molecule has 0 saturated carbocycles. The van der Waals surface area contributed by atoms with Gasteiger partial charge in [-0.1, -0.05) is 69.8 Å². The van der Waals surface area contributed by atoms with E-state index in [1.54, 1.807) is 43.0 Å². The molecule has 0 bridgehead atoms. The van der Waals surface area contributed by atoms with E-state index >= 15 is 0 Å². The van der Waals surface area contributed by atoms with Gasteiger partial charge in [0.2, 0.25) is 0 Å². The molecule has 13 nitrogen and oxygen atoms in total. The molecule has 10 aromatic rings. The number of esters is 1. The summed E-state index contributed by atoms with van der Waals surface area (Å²) in [6.07, 6.45) is 9.88. The summed E-state index contributed by atoms with van der Waals surface area (Å²) in [5.41, 5.74) is 28.5. The number of hydrogen-bond donors (Lipinski definition) is 4. The Labute approximate surface area is 413 Å². The highest BCUT2D eigenvalue weighted by molar-refractivity contribution is 5.95. The summed E-state index contributed by atoms with van der Waals surface area (Å²) in [5, 5.41) is 9.21. The number of benzene rings is 4. The van der Waals surface area contributed by atoms with E-state index in [4.69, 9.17) is 21.9 Å². The molecule has 0 atom stereocenters. The average Bonchev–Trinajstić information content (AvgIpc) is 3.40. The van der Waals surface area contributed by atoms with Crippen molar-refractivity contribution in [1.82, 2.24) is 35.2 Å². The van der Waals surface area contributed by atoms with E-state index in [0.717, 1.165) is 101 Å². The topological polar surface area (TPSA) is 211 Å². The van der Waals surface area contributed by atoms with Gasteiger partial charge in [-0.25, -0.2) is 14.8 Å². The molecule has 0 aliphatic heterocycles. The molecular formula is C58H58N10O3. The number of aromatic nitrogens is 6. The van der Waals surface area contributed by atoms with Crippen LogP contribution in [0.3, 0.4) is 0 Å². The fourth-order valence-corrected chi connectivity index (χ4v) is 8.03. The van der Waals surface area contributed by atoms with E-state index in [1.807, 2.05) is 66.7 Å². The molecule has 0 aliphatic carbocycles. The molecule has 0 unspecified atom stereocenters. The fraction of sp³-hybridized carbons (Fsp3) is 0.172. The number of nitrogen functional groups attached to an aromatic ring is 2. The highest BCUT2D eigenvalue weighted by Gasteiger charge is 2.11. The summed E-state index contributed by atoms with van der Waals surface area (Å²) >= 11 is 0. The van der Waals surface area contributed by atoms with Gasteiger partial charge in [0, 0.05) is 101 Å². The maximum Gasteiger partial charge on any atom is 0.337 e. The Morgan fingerprint density at radius 1 is 0.507 bits per heavy atom. The summed E-state index contributed by atoms with van der Waals surface area (Å²) in [4.78, 5) is 50.6. The number of nitrogens with two attached hydrogens (primary N) is 3. The van der Waals surface area contributed by atoms with Crippen LogP contribution in [0.1, 0.15) is 87.0 Å². The second-order valence-electron chi connectivity index (χ2n) is 16.7. The molecule has 1 amide bonds. The lowest BCUT2D eigenvalue weighted by atomic mass is 10.0. The summed E-state index contributed by atoms with van der Waals surface area (Å²) in [6.45, 7) is 5.18. The molecular weight excluding hydrogens is 885 g/mol. The summed E-state index contributed by atoms with van der Waals surface area (Å²) in [5.74, 6) is 0.600. The van der Waals surface area contributed by atoms with Crippen LogP contribution >= 0.6 is 0 Å². The molecule has 6 heterocycles. The first-order chi connectivity index (χ1) is 34.1. The third kappa shape index (κ3) is 12.7. The Morgan fingerprint density at radius 2 is 0.972 bits per heavy atom. The van der Waals surface area contributed by atoms with Crippen LogP contribution in [0.25, 0.3) is 43.4 Å². The lowest BCUT2D eigenvalue weighted by Gasteiger charge is -2.09. The lowest BCUT2D eigenvalue weighted by molar-refractivity contribution is 0.0600. The van der Waals surface area contributed by atoms with Crippen LogP contribution < -0.4 is 22.5 Å². The van der Waals surface area contributed by atoms with Gasteiger partial charge in [-0.3, -0.25) is 24.7 Å². The molecule has 71 heavy (non-hydrogen) atoms. The van der Waals surface area contributed by atoms with Crippen LogP contribution in [0.15, 0.2) is 158 Å². The number of carbonyl (C=O) groups is 2. The van der Waals surface area contributed by atoms with Gasteiger partial charge < -0.3 is 27.3 Å². The third-order valence-electron chi connectivity index (χ3n) is 11.8. The van der Waals surface area contributed by atoms with Gasteiger partial charge in [0.1, 0.15) is 11.6 Å². The van der Waals surface area contributed by atoms with E-state index in [2.05, 4.69) is 97.6 Å². The first-order valence-electron chi connectivity index (χ1n) is 23.1. The van der Waals surface area contributed by atoms with Crippen molar-refractivity contribution >= 4 is 66.9 Å². The van der Waals surface area contributed by atoms with Crippen LogP contribution in [-0.2, 0) is 43.5 Å². The van der Waals surface area contributed by atoms with Crippen molar-refractivity contribution in [3.05, 3.63) is 214 Å². The minimum Gasteiger partial charge on any atom is -0.465 e. The number of nitrogens with zero attached hydrogens (tertiary/aromatic N) is 6. The zero-order valence-electron chi connectivity index (χ0n) is 39.4. The molecule has 358 valence electrons. The average molecular weight is 943 g/mol. The second-order valence-corrected chi connectivity index (χ2v) is 16.7. The minimum atomic E-state index is -0.344. The van der Waals surface area contributed by atoms with Crippen LogP contribution in [0.4, 0.5) is 11.6 Å². The van der Waals surface area contributed by atoms with E-state index in [0.29, 0.717) is 48.7 Å². The number of amides is 1. The largest absolute Gasteiger partial charge is 0.465 e. The molecule has 0 saturated heterocycles. The van der Waals surface area contributed by atoms with Crippen molar-refractivity contribution in [2.75, 3.05) is 18.6 Å². The van der Waals surface area contributed by atoms with Crippen molar-refractivity contribution < 1.29 is 14.3 Å². The van der Waals surface area contributed by atoms with Gasteiger partial charge in [0.15, 0.2) is 0 Å². The number of nitrogens with one attached hydrogen (secondary N) is 1. The van der Waals surface area contributed by atoms with Crippen LogP contribution in [0.5, 0.6) is 0 Å². The smallest absolute Gasteiger partial charge is 0.337 e. The maximum absolute atomic E-state index is 12.8. The molecule has 0 aliphatic rings. The number of fused-ring (bicyclic) bond motifs is 4. The van der Waals surface area contributed by atoms with Gasteiger partial charge in [-0.15, -0.1) is 0 Å². The number of anilines is 2. The number of hydrogen-bond acceptors (Lipinski definition) is 12. The van der Waals surface area contributed by atoms with Crippen molar-refractivity contribution in [2.45, 2.75) is 60.0 Å². The number of pyridine rings is 6. The highest BCUT2D eigenvalue weighted by atomic mass is 16.5. The first-order valence-corrected chi connectivity index (χ1v) is 23.1. The van der Waals surface area contributed by atoms with Crippen molar-refractivity contribution in [1.29, 1.82) is 0 Å². The summed E-state index contributed by atoms with van der Waals surface area (Å²) < 4.78 is 4.75. The molecule has 0 fully saturated rings. The standard InChI is InChI=1S/C28H25N5O.C19H18N2O2.C10H11N3.CH4/c1-2-23-6-5-21-13-18(4-8-26(21)33-23)15-24-16-22(10-11-30-24)28(34)32-17-19-3-7-25-20(14-19)9-12-31-27(25)29;1-3-16-6-5-14-10-13(4-7-18(14)21-16)11-17-12-15(8-9-20-17)19(22)23-2;11-6-7-1-2-9-8(5-7)3-4-13-10(9)12;/h3-14,16H,2,15,17H2,1H3,(H2,29,31)(H,32,34);4-10,12H,3,11H2,1-2H3;1-5H,6,11H2,(H2,12,13);1H4. The van der Waals surface area contributed by atoms with E-state index in [9.17, 15) is 9.59 Å². The van der Waals surface area contributed by atoms with Gasteiger partial charge in [0.05, 0.1) is 23.7 Å². The van der Waals surface area contributed by atoms with Crippen molar-refractivity contribution in [3.8, 4) is 0 Å². The molecule has 6 aromatic heterocycles. The van der Waals surface area contributed by atoms with Crippen LogP contribution in [0.2, 0.25) is 0 Å². The van der Waals surface area contributed by atoms with Gasteiger partial charge in [0.25, 0.3) is 5.91 Å². The summed E-state index contributed by atoms with van der Waals surface area (Å²) in [6, 6.07) is 43.6. The number of ether oxygens (including phenoxy) is 1. The third-order valence-corrected chi connectivity index (χ3v) is 11.8. The highest BCUT2D eigenvalue weighted by Crippen LogP contribution is 2.23. The maximum atomic E-state index is 12.8. The van der Waals surface area contributed by atoms with Gasteiger partial charge in [-0.05, 0) is 131 Å². The van der Waals surface area contributed by atoms with Crippen LogP contribution in [-0.4, -0.2) is 48.9 Å². The zero-order chi connectivity index (χ0) is 49.0. The van der Waals surface area contributed by atoms with Gasteiger partial charge in [-0.2, -0.15) is 0 Å². The molecule has 0 radical (unpaired) electrons. The molecule has 4 aromatic carbocycles. The Morgan fingerprint density at radius 3 is 1.49 bits per heavy atom. The lowest BCUT2D eigenvalue weighted by Crippen LogP contribution is -2.23. The molecule has 0 spiro atoms. The predicted molar refractivity (Wildman–Crippen MR) is 286 cm³/mol. The second kappa shape index (κ2) is 23.6. The fourth-order valence-electron chi connectivity index (χ4n) is 8.03. The van der Waals surface area contributed by atoms with E-state index in [1.165, 1.54) is 7.11 Å².